The van der Waals surface area contributed by atoms with Crippen LogP contribution in [0.3, 0.4) is 0 Å². The number of aromatic nitrogens is 2. The van der Waals surface area contributed by atoms with Gasteiger partial charge >= 0.3 is 6.09 Å². The second-order valence-electron chi connectivity index (χ2n) is 4.94. The van der Waals surface area contributed by atoms with E-state index in [1.54, 1.807) is 24.7 Å². The Kier molecular flexibility index (Phi) is 4.56. The summed E-state index contributed by atoms with van der Waals surface area (Å²) in [6.45, 7) is 1.98. The zero-order chi connectivity index (χ0) is 16.3. The van der Waals surface area contributed by atoms with Crippen LogP contribution in [-0.2, 0) is 18.4 Å². The highest BCUT2D eigenvalue weighted by Gasteiger charge is 2.17. The van der Waals surface area contributed by atoms with E-state index < -0.39 is 11.0 Å². The van der Waals surface area contributed by atoms with Crippen LogP contribution < -0.4 is 5.32 Å². The zero-order valence-corrected chi connectivity index (χ0v) is 12.1. The molecule has 2 aromatic rings. The molecule has 1 unspecified atom stereocenters. The van der Waals surface area contributed by atoms with Crippen molar-refractivity contribution in [2.24, 2.45) is 7.05 Å². The van der Waals surface area contributed by atoms with Crippen LogP contribution in [0.4, 0.5) is 10.5 Å². The maximum atomic E-state index is 11.1. The van der Waals surface area contributed by atoms with Crippen molar-refractivity contribution in [2.45, 2.75) is 19.6 Å². The number of carboxylic acid groups (broad SMARTS) is 1. The summed E-state index contributed by atoms with van der Waals surface area (Å²) in [5.41, 5.74) is 1.25. The molecule has 0 aliphatic carbocycles. The molecule has 0 aliphatic rings. The van der Waals surface area contributed by atoms with Crippen molar-refractivity contribution in [3.05, 3.63) is 34.0 Å². The molecular weight excluding hydrogens is 292 g/mol. The molecule has 0 aliphatic heterocycles. The molecule has 2 rings (SSSR count). The number of amides is 1. The molecule has 9 heteroatoms. The van der Waals surface area contributed by atoms with E-state index in [9.17, 15) is 14.9 Å². The molecule has 9 nitrogen and oxygen atoms in total. The van der Waals surface area contributed by atoms with Crippen molar-refractivity contribution in [1.82, 2.24) is 15.1 Å². The Morgan fingerprint density at radius 2 is 2.32 bits per heavy atom. The summed E-state index contributed by atoms with van der Waals surface area (Å²) in [7, 11) is 1.70. The van der Waals surface area contributed by atoms with Crippen molar-refractivity contribution < 1.29 is 19.6 Å². The lowest BCUT2D eigenvalue weighted by atomic mass is 10.1. The first-order valence-electron chi connectivity index (χ1n) is 6.54. The lowest BCUT2D eigenvalue weighted by Gasteiger charge is -2.12. The molecule has 0 fully saturated rings. The fraction of sp³-hybridized carbons (Fsp3) is 0.385. The zero-order valence-electron chi connectivity index (χ0n) is 12.1. The van der Waals surface area contributed by atoms with E-state index >= 15 is 0 Å². The van der Waals surface area contributed by atoms with Crippen LogP contribution in [0.25, 0.3) is 10.9 Å². The minimum Gasteiger partial charge on any atom is -0.465 e. The Balaban J connectivity index is 2.13. The monoisotopic (exact) mass is 308 g/mol. The maximum absolute atomic E-state index is 11.1. The van der Waals surface area contributed by atoms with E-state index in [-0.39, 0.29) is 24.9 Å². The van der Waals surface area contributed by atoms with Gasteiger partial charge in [-0.3, -0.25) is 14.8 Å². The first-order chi connectivity index (χ1) is 10.4. The topological polar surface area (TPSA) is 120 Å². The lowest BCUT2D eigenvalue weighted by Crippen LogP contribution is -2.34. The highest BCUT2D eigenvalue weighted by molar-refractivity contribution is 5.88. The van der Waals surface area contributed by atoms with Crippen molar-refractivity contribution >= 4 is 22.7 Å². The summed E-state index contributed by atoms with van der Waals surface area (Å²) < 4.78 is 6.96. The van der Waals surface area contributed by atoms with E-state index in [4.69, 9.17) is 9.84 Å². The van der Waals surface area contributed by atoms with Gasteiger partial charge < -0.3 is 15.2 Å². The second-order valence-corrected chi connectivity index (χ2v) is 4.94. The van der Waals surface area contributed by atoms with Gasteiger partial charge in [0.2, 0.25) is 0 Å². The van der Waals surface area contributed by atoms with Crippen LogP contribution in [0.2, 0.25) is 0 Å². The number of carbonyl (C=O) groups is 1. The molecule has 0 bridgehead atoms. The molecule has 22 heavy (non-hydrogen) atoms. The molecule has 118 valence electrons. The number of nitro benzene ring substituents is 1. The summed E-state index contributed by atoms with van der Waals surface area (Å²) in [4.78, 5) is 21.1. The summed E-state index contributed by atoms with van der Waals surface area (Å²) >= 11 is 0. The van der Waals surface area contributed by atoms with Gasteiger partial charge in [-0.1, -0.05) is 0 Å². The summed E-state index contributed by atoms with van der Waals surface area (Å²) in [5.74, 6) is 0. The van der Waals surface area contributed by atoms with Crippen LogP contribution in [0.5, 0.6) is 0 Å². The number of nitrogens with zero attached hydrogens (tertiary/aromatic N) is 3. The van der Waals surface area contributed by atoms with E-state index in [0.717, 1.165) is 0 Å². The summed E-state index contributed by atoms with van der Waals surface area (Å²) in [6, 6.07) is 2.84. The van der Waals surface area contributed by atoms with Gasteiger partial charge in [0.15, 0.2) is 0 Å². The largest absolute Gasteiger partial charge is 0.465 e. The fourth-order valence-electron chi connectivity index (χ4n) is 2.13. The number of hydrogen-bond acceptors (Lipinski definition) is 5. The van der Waals surface area contributed by atoms with Gasteiger partial charge in [-0.25, -0.2) is 4.79 Å². The van der Waals surface area contributed by atoms with E-state index in [1.165, 1.54) is 12.3 Å². The smallest absolute Gasteiger partial charge is 0.404 e. The molecule has 0 spiro atoms. The minimum absolute atomic E-state index is 0.0269. The van der Waals surface area contributed by atoms with Gasteiger partial charge in [0, 0.05) is 13.1 Å². The van der Waals surface area contributed by atoms with Crippen molar-refractivity contribution in [2.75, 3.05) is 6.61 Å². The number of benzene rings is 1. The number of nitro groups is 1. The fourth-order valence-corrected chi connectivity index (χ4v) is 2.13. The van der Waals surface area contributed by atoms with Gasteiger partial charge in [0.05, 0.1) is 41.3 Å². The number of nitrogens with one attached hydrogen (secondary N) is 1. The standard InChI is InChI=1S/C13H16N4O5/c1-8(15-13(18)19)6-22-7-9-3-11-10(5-14-16(11)2)12(4-9)17(20)21/h3-5,8,15H,6-7H2,1-2H3,(H,18,19). The Morgan fingerprint density at radius 1 is 1.59 bits per heavy atom. The first kappa shape index (κ1) is 15.7. The predicted molar refractivity (Wildman–Crippen MR) is 77.6 cm³/mol. The normalized spacial score (nSPS) is 12.3. The van der Waals surface area contributed by atoms with Gasteiger partial charge in [-0.15, -0.1) is 0 Å². The molecule has 0 radical (unpaired) electrons. The van der Waals surface area contributed by atoms with Gasteiger partial charge in [-0.2, -0.15) is 5.10 Å². The summed E-state index contributed by atoms with van der Waals surface area (Å²) in [6.07, 6.45) is 0.333. The number of hydrogen-bond donors (Lipinski definition) is 2. The van der Waals surface area contributed by atoms with Crippen molar-refractivity contribution in [3.8, 4) is 0 Å². The molecule has 0 saturated heterocycles. The highest BCUT2D eigenvalue weighted by Crippen LogP contribution is 2.27. The molecule has 1 heterocycles. The van der Waals surface area contributed by atoms with Crippen LogP contribution in [0.15, 0.2) is 18.3 Å². The number of aryl methyl sites for hydroxylation is 1. The van der Waals surface area contributed by atoms with E-state index in [1.807, 2.05) is 0 Å². The van der Waals surface area contributed by atoms with Gasteiger partial charge in [0.25, 0.3) is 5.69 Å². The molecular formula is C13H16N4O5. The maximum Gasteiger partial charge on any atom is 0.404 e. The SMILES string of the molecule is CC(COCc1cc([N+](=O)[O-])c2cnn(C)c2c1)NC(=O)O. The minimum atomic E-state index is -1.12. The van der Waals surface area contributed by atoms with Crippen LogP contribution in [-0.4, -0.2) is 38.6 Å². The van der Waals surface area contributed by atoms with Gasteiger partial charge in [-0.05, 0) is 18.6 Å². The van der Waals surface area contributed by atoms with Crippen molar-refractivity contribution in [3.63, 3.8) is 0 Å². The molecule has 1 atom stereocenters. The lowest BCUT2D eigenvalue weighted by molar-refractivity contribution is -0.383. The van der Waals surface area contributed by atoms with E-state index in [0.29, 0.717) is 16.5 Å². The Bertz CT molecular complexity index is 712. The average Bonchev–Trinajstić information content (AvgIpc) is 2.79. The Hall–Kier alpha value is -2.68. The van der Waals surface area contributed by atoms with Crippen molar-refractivity contribution in [1.29, 1.82) is 0 Å². The molecule has 1 amide bonds. The second kappa shape index (κ2) is 6.39. The number of rotatable bonds is 6. The third-order valence-electron chi connectivity index (χ3n) is 3.11. The highest BCUT2D eigenvalue weighted by atomic mass is 16.6. The number of non-ortho nitro benzene ring substituents is 1. The molecule has 1 aromatic carbocycles. The third kappa shape index (κ3) is 3.50. The predicted octanol–water partition coefficient (Wildman–Crippen LogP) is 1.65. The summed E-state index contributed by atoms with van der Waals surface area (Å²) in [5, 5.41) is 26.5. The van der Waals surface area contributed by atoms with Crippen LogP contribution in [0.1, 0.15) is 12.5 Å². The Morgan fingerprint density at radius 3 is 2.95 bits per heavy atom. The molecule has 2 N–H and O–H groups in total. The number of ether oxygens (including phenoxy) is 1. The Labute approximate surface area is 125 Å². The first-order valence-corrected chi connectivity index (χ1v) is 6.54. The van der Waals surface area contributed by atoms with Crippen LogP contribution >= 0.6 is 0 Å². The third-order valence-corrected chi connectivity index (χ3v) is 3.11. The van der Waals surface area contributed by atoms with E-state index in [2.05, 4.69) is 10.4 Å². The average molecular weight is 308 g/mol. The number of fused-ring (bicyclic) bond motifs is 1. The molecule has 1 aromatic heterocycles. The quantitative estimate of drug-likeness (QED) is 0.618. The van der Waals surface area contributed by atoms with Gasteiger partial charge in [0.1, 0.15) is 0 Å². The van der Waals surface area contributed by atoms with Crippen LogP contribution in [0, 0.1) is 10.1 Å². The molecule has 0 saturated carbocycles.